The van der Waals surface area contributed by atoms with Gasteiger partial charge in [0, 0.05) is 0 Å². The minimum Gasteiger partial charge on any atom is -0.311 e. The van der Waals surface area contributed by atoms with E-state index in [9.17, 15) is 4.79 Å². The maximum absolute atomic E-state index is 10.8. The van der Waals surface area contributed by atoms with Crippen molar-refractivity contribution < 1.29 is 4.79 Å². The third-order valence-electron chi connectivity index (χ3n) is 1.69. The van der Waals surface area contributed by atoms with Crippen molar-refractivity contribution in [1.82, 2.24) is 5.32 Å². The van der Waals surface area contributed by atoms with Crippen LogP contribution in [0, 0.1) is 0 Å². The van der Waals surface area contributed by atoms with E-state index >= 15 is 0 Å². The van der Waals surface area contributed by atoms with E-state index in [1.807, 2.05) is 20.9 Å². The molecule has 0 heterocycles. The molecule has 1 unspecified atom stereocenters. The van der Waals surface area contributed by atoms with Gasteiger partial charge in [-0.1, -0.05) is 33.6 Å². The Balaban J connectivity index is 0. The van der Waals surface area contributed by atoms with Crippen LogP contribution >= 0.6 is 0 Å². The van der Waals surface area contributed by atoms with Crippen LogP contribution in [0.4, 0.5) is 0 Å². The lowest BCUT2D eigenvalue weighted by molar-refractivity contribution is -0.119. The number of carbonyl (C=O) groups excluding carboxylic acids is 1. The topological polar surface area (TPSA) is 29.1 Å². The molecule has 0 aromatic rings. The van der Waals surface area contributed by atoms with Crippen LogP contribution in [-0.2, 0) is 4.79 Å². The Hall–Kier alpha value is -0.370. The van der Waals surface area contributed by atoms with E-state index in [4.69, 9.17) is 0 Å². The highest BCUT2D eigenvalue weighted by atomic mass is 16.1. The molecule has 0 bridgehead atoms. The second kappa shape index (κ2) is 10.6. The van der Waals surface area contributed by atoms with Crippen LogP contribution in [0.2, 0.25) is 0 Å². The molecule has 0 saturated heterocycles. The van der Waals surface area contributed by atoms with Gasteiger partial charge in [0.15, 0.2) is 0 Å². The number of ketones is 1. The predicted octanol–water partition coefficient (Wildman–Crippen LogP) is 2.38. The zero-order valence-corrected chi connectivity index (χ0v) is 9.11. The zero-order chi connectivity index (χ0) is 9.98. The largest absolute Gasteiger partial charge is 0.311 e. The molecular formula is C10H23NO. The summed E-state index contributed by atoms with van der Waals surface area (Å²) in [7, 11) is 1.84. The van der Waals surface area contributed by atoms with Crippen molar-refractivity contribution in [1.29, 1.82) is 0 Å². The van der Waals surface area contributed by atoms with Crippen LogP contribution in [0.1, 0.15) is 47.0 Å². The Bertz CT molecular complexity index is 102. The lowest BCUT2D eigenvalue weighted by Crippen LogP contribution is -2.31. The summed E-state index contributed by atoms with van der Waals surface area (Å²) in [5, 5.41) is 2.99. The maximum atomic E-state index is 10.8. The Kier molecular flexibility index (Phi) is 12.6. The van der Waals surface area contributed by atoms with E-state index in [1.165, 1.54) is 0 Å². The molecule has 74 valence electrons. The average Bonchev–Trinajstić information content (AvgIpc) is 2.09. The first kappa shape index (κ1) is 14.2. The van der Waals surface area contributed by atoms with Gasteiger partial charge in [0.1, 0.15) is 5.78 Å². The lowest BCUT2D eigenvalue weighted by Gasteiger charge is -2.10. The Morgan fingerprint density at radius 2 is 1.92 bits per heavy atom. The molecule has 0 spiro atoms. The minimum absolute atomic E-state index is 0.0833. The molecule has 0 aliphatic rings. The van der Waals surface area contributed by atoms with Crippen molar-refractivity contribution in [2.75, 3.05) is 7.05 Å². The van der Waals surface area contributed by atoms with Gasteiger partial charge in [-0.3, -0.25) is 4.79 Å². The Morgan fingerprint density at radius 3 is 2.17 bits per heavy atom. The molecule has 0 aliphatic carbocycles. The van der Waals surface area contributed by atoms with Gasteiger partial charge in [0.2, 0.25) is 0 Å². The molecule has 0 aliphatic heterocycles. The predicted molar refractivity (Wildman–Crippen MR) is 54.4 cm³/mol. The fourth-order valence-electron chi connectivity index (χ4n) is 0.959. The van der Waals surface area contributed by atoms with E-state index in [-0.39, 0.29) is 11.8 Å². The number of hydrogen-bond acceptors (Lipinski definition) is 2. The molecule has 0 aromatic heterocycles. The van der Waals surface area contributed by atoms with E-state index in [0.29, 0.717) is 0 Å². The first-order valence-electron chi connectivity index (χ1n) is 4.90. The van der Waals surface area contributed by atoms with Crippen LogP contribution in [0.15, 0.2) is 0 Å². The Labute approximate surface area is 76.7 Å². The van der Waals surface area contributed by atoms with Crippen LogP contribution in [0.25, 0.3) is 0 Å². The smallest absolute Gasteiger partial charge is 0.146 e. The third kappa shape index (κ3) is 7.73. The fraction of sp³-hybridized carbons (Fsp3) is 0.900. The number of rotatable bonds is 5. The summed E-state index contributed by atoms with van der Waals surface area (Å²) in [4.78, 5) is 10.8. The van der Waals surface area contributed by atoms with Gasteiger partial charge in [-0.25, -0.2) is 0 Å². The summed E-state index contributed by atoms with van der Waals surface area (Å²) in [6.07, 6.45) is 3.26. The van der Waals surface area contributed by atoms with E-state index in [2.05, 4.69) is 12.2 Å². The number of likely N-dealkylation sites (N-methyl/N-ethyl adjacent to an activating group) is 1. The van der Waals surface area contributed by atoms with Gasteiger partial charge in [-0.2, -0.15) is 0 Å². The van der Waals surface area contributed by atoms with Crippen LogP contribution < -0.4 is 5.32 Å². The molecule has 2 nitrogen and oxygen atoms in total. The van der Waals surface area contributed by atoms with Crippen LogP contribution in [0.5, 0.6) is 0 Å². The summed E-state index contributed by atoms with van der Waals surface area (Å²) in [5.74, 6) is 0.246. The van der Waals surface area contributed by atoms with Gasteiger partial charge in [-0.15, -0.1) is 0 Å². The molecule has 0 rings (SSSR count). The van der Waals surface area contributed by atoms with Crippen molar-refractivity contribution in [2.45, 2.75) is 53.0 Å². The number of carbonyl (C=O) groups is 1. The van der Waals surface area contributed by atoms with Crippen molar-refractivity contribution >= 4 is 5.78 Å². The molecule has 2 heteroatoms. The second-order valence-corrected chi connectivity index (χ2v) is 2.59. The van der Waals surface area contributed by atoms with Crippen molar-refractivity contribution in [3.8, 4) is 0 Å². The van der Waals surface area contributed by atoms with E-state index in [0.717, 1.165) is 19.3 Å². The number of nitrogens with one attached hydrogen (secondary N) is 1. The second-order valence-electron chi connectivity index (χ2n) is 2.59. The first-order valence-corrected chi connectivity index (χ1v) is 4.90. The van der Waals surface area contributed by atoms with Gasteiger partial charge in [-0.05, 0) is 20.4 Å². The van der Waals surface area contributed by atoms with Crippen LogP contribution in [0.3, 0.4) is 0 Å². The third-order valence-corrected chi connectivity index (χ3v) is 1.69. The van der Waals surface area contributed by atoms with E-state index < -0.39 is 0 Å². The normalized spacial score (nSPS) is 11.4. The van der Waals surface area contributed by atoms with Crippen molar-refractivity contribution in [3.05, 3.63) is 0 Å². The number of hydrogen-bond donors (Lipinski definition) is 1. The average molecular weight is 173 g/mol. The quantitative estimate of drug-likeness (QED) is 0.691. The summed E-state index contributed by atoms with van der Waals surface area (Å²) in [5.41, 5.74) is 0. The van der Waals surface area contributed by atoms with Gasteiger partial charge >= 0.3 is 0 Å². The summed E-state index contributed by atoms with van der Waals surface area (Å²) >= 11 is 0. The summed E-state index contributed by atoms with van der Waals surface area (Å²) in [6, 6.07) is 0.0833. The molecule has 0 aromatic carbocycles. The molecule has 0 amide bonds. The molecule has 12 heavy (non-hydrogen) atoms. The van der Waals surface area contributed by atoms with Gasteiger partial charge < -0.3 is 5.32 Å². The minimum atomic E-state index is 0.0833. The lowest BCUT2D eigenvalue weighted by atomic mass is 10.1. The number of unbranched alkanes of at least 4 members (excludes halogenated alkanes) is 1. The molecule has 1 atom stereocenters. The first-order chi connectivity index (χ1) is 5.72. The van der Waals surface area contributed by atoms with E-state index in [1.54, 1.807) is 6.92 Å². The monoisotopic (exact) mass is 173 g/mol. The highest BCUT2D eigenvalue weighted by Gasteiger charge is 2.08. The summed E-state index contributed by atoms with van der Waals surface area (Å²) < 4.78 is 0. The Morgan fingerprint density at radius 1 is 1.42 bits per heavy atom. The van der Waals surface area contributed by atoms with Gasteiger partial charge in [0.25, 0.3) is 0 Å². The SMILES string of the molecule is CC.CCCCC(NC)C(C)=O. The highest BCUT2D eigenvalue weighted by Crippen LogP contribution is 2.00. The fourth-order valence-corrected chi connectivity index (χ4v) is 0.959. The molecule has 0 saturated carbocycles. The standard InChI is InChI=1S/C8H17NO.C2H6/c1-4-5-6-8(9-3)7(2)10;1-2/h8-9H,4-6H2,1-3H3;1-2H3. The molecule has 1 N–H and O–H groups in total. The maximum Gasteiger partial charge on any atom is 0.146 e. The number of Topliss-reactive ketones (excluding diaryl/α,β-unsaturated/α-hetero) is 1. The van der Waals surface area contributed by atoms with Crippen molar-refractivity contribution in [3.63, 3.8) is 0 Å². The molecule has 0 radical (unpaired) electrons. The van der Waals surface area contributed by atoms with Crippen molar-refractivity contribution in [2.24, 2.45) is 0 Å². The van der Waals surface area contributed by atoms with Gasteiger partial charge in [0.05, 0.1) is 6.04 Å². The molecular weight excluding hydrogens is 150 g/mol. The summed E-state index contributed by atoms with van der Waals surface area (Å²) in [6.45, 7) is 7.77. The van der Waals surface area contributed by atoms with Crippen LogP contribution in [-0.4, -0.2) is 18.9 Å². The highest BCUT2D eigenvalue weighted by molar-refractivity contribution is 5.81. The zero-order valence-electron chi connectivity index (χ0n) is 9.11. The molecule has 0 fully saturated rings.